The summed E-state index contributed by atoms with van der Waals surface area (Å²) in [6.45, 7) is 7.98. The Labute approximate surface area is 212 Å². The van der Waals surface area contributed by atoms with Crippen LogP contribution in [0.3, 0.4) is 0 Å². The summed E-state index contributed by atoms with van der Waals surface area (Å²) >= 11 is 22.8. The topological polar surface area (TPSA) is 0 Å². The van der Waals surface area contributed by atoms with Gasteiger partial charge in [0.2, 0.25) is 0 Å². The van der Waals surface area contributed by atoms with Gasteiger partial charge in [0.05, 0.1) is 0 Å². The zero-order chi connectivity index (χ0) is 23.9. The highest BCUT2D eigenvalue weighted by Crippen LogP contribution is 2.13. The van der Waals surface area contributed by atoms with Crippen LogP contribution in [0.25, 0.3) is 0 Å². The summed E-state index contributed by atoms with van der Waals surface area (Å²) in [5, 5.41) is 3.33. The molecule has 0 N–H and O–H groups in total. The normalized spacial score (nSPS) is 9.25. The maximum atomic E-state index is 5.71. The average molecular weight is 506 g/mol. The molecule has 0 fully saturated rings. The number of aryl methyl sites for hydroxylation is 4. The van der Waals surface area contributed by atoms with Crippen LogP contribution in [0.1, 0.15) is 22.3 Å². The molecule has 0 radical (unpaired) electrons. The molecule has 0 atom stereocenters. The van der Waals surface area contributed by atoms with E-state index in [9.17, 15) is 0 Å². The molecule has 168 valence electrons. The van der Waals surface area contributed by atoms with Crippen molar-refractivity contribution in [2.24, 2.45) is 0 Å². The molecule has 0 unspecified atom stereocenters. The van der Waals surface area contributed by atoms with E-state index in [1.54, 1.807) is 0 Å². The average Bonchev–Trinajstić information content (AvgIpc) is 2.76. The largest absolute Gasteiger partial charge is 0.0843 e. The number of rotatable bonds is 0. The summed E-state index contributed by atoms with van der Waals surface area (Å²) in [5.41, 5.74) is 4.61. The van der Waals surface area contributed by atoms with E-state index in [4.69, 9.17) is 46.4 Å². The Hall–Kier alpha value is -1.96. The Bertz CT molecular complexity index is 890. The van der Waals surface area contributed by atoms with Crippen molar-refractivity contribution in [3.05, 3.63) is 139 Å². The lowest BCUT2D eigenvalue weighted by molar-refractivity contribution is 1.47. The molecule has 0 saturated heterocycles. The van der Waals surface area contributed by atoms with Crippen molar-refractivity contribution >= 4 is 46.4 Å². The van der Waals surface area contributed by atoms with Crippen molar-refractivity contribution in [3.8, 4) is 0 Å². The molecule has 0 heterocycles. The van der Waals surface area contributed by atoms with Gasteiger partial charge in [-0.05, 0) is 80.3 Å². The highest BCUT2D eigenvalue weighted by molar-refractivity contribution is 6.32. The third kappa shape index (κ3) is 12.2. The van der Waals surface area contributed by atoms with Crippen LogP contribution in [0.2, 0.25) is 20.1 Å². The third-order valence-corrected chi connectivity index (χ3v) is 5.72. The first kappa shape index (κ1) is 28.1. The Morgan fingerprint density at radius 2 is 0.750 bits per heavy atom. The van der Waals surface area contributed by atoms with E-state index in [-0.39, 0.29) is 0 Å². The van der Waals surface area contributed by atoms with Crippen molar-refractivity contribution in [2.45, 2.75) is 27.7 Å². The molecular formula is C28H28Cl4. The summed E-state index contributed by atoms with van der Waals surface area (Å²) in [6, 6.07) is 31.1. The van der Waals surface area contributed by atoms with Crippen molar-refractivity contribution in [3.63, 3.8) is 0 Å². The molecule has 4 aromatic rings. The zero-order valence-corrected chi connectivity index (χ0v) is 21.8. The first-order valence-corrected chi connectivity index (χ1v) is 11.6. The first-order valence-electron chi connectivity index (χ1n) is 10.1. The fourth-order valence-corrected chi connectivity index (χ4v) is 2.91. The van der Waals surface area contributed by atoms with E-state index in [1.165, 1.54) is 5.56 Å². The maximum Gasteiger partial charge on any atom is 0.0435 e. The molecule has 0 aromatic heterocycles. The molecular weight excluding hydrogens is 478 g/mol. The number of benzene rings is 4. The van der Waals surface area contributed by atoms with E-state index in [0.717, 1.165) is 36.8 Å². The Kier molecular flexibility index (Phi) is 13.8. The Morgan fingerprint density at radius 1 is 0.406 bits per heavy atom. The van der Waals surface area contributed by atoms with Gasteiger partial charge in [0.15, 0.2) is 0 Å². The summed E-state index contributed by atoms with van der Waals surface area (Å²) in [4.78, 5) is 0. The van der Waals surface area contributed by atoms with Gasteiger partial charge in [-0.15, -0.1) is 0 Å². The van der Waals surface area contributed by atoms with Crippen LogP contribution in [0.5, 0.6) is 0 Å². The lowest BCUT2D eigenvalue weighted by Crippen LogP contribution is -1.68. The first-order chi connectivity index (χ1) is 15.2. The van der Waals surface area contributed by atoms with Gasteiger partial charge in [-0.3, -0.25) is 0 Å². The standard InChI is InChI=1S/4C7H7Cl/c1-6-3-2-4-7(8)5-6;3*1-6-4-2-3-5-7(6)8/h4*2-5H,1H3. The van der Waals surface area contributed by atoms with Gasteiger partial charge < -0.3 is 0 Å². The summed E-state index contributed by atoms with van der Waals surface area (Å²) in [6.07, 6.45) is 0. The molecule has 0 spiro atoms. The van der Waals surface area contributed by atoms with Crippen molar-refractivity contribution in [1.29, 1.82) is 0 Å². The van der Waals surface area contributed by atoms with Gasteiger partial charge in [-0.25, -0.2) is 0 Å². The van der Waals surface area contributed by atoms with E-state index in [1.807, 2.05) is 125 Å². The monoisotopic (exact) mass is 504 g/mol. The molecule has 4 aromatic carbocycles. The summed E-state index contributed by atoms with van der Waals surface area (Å²) < 4.78 is 0. The Morgan fingerprint density at radius 3 is 0.938 bits per heavy atom. The lowest BCUT2D eigenvalue weighted by atomic mass is 10.2. The molecule has 0 amide bonds. The quantitative estimate of drug-likeness (QED) is 0.223. The van der Waals surface area contributed by atoms with Crippen LogP contribution in [0, 0.1) is 27.7 Å². The van der Waals surface area contributed by atoms with Gasteiger partial charge in [0, 0.05) is 20.1 Å². The van der Waals surface area contributed by atoms with E-state index in [2.05, 4.69) is 0 Å². The SMILES string of the molecule is Cc1cccc(Cl)c1.Cc1ccccc1Cl.Cc1ccccc1Cl.Cc1ccccc1Cl. The second kappa shape index (κ2) is 15.8. The minimum absolute atomic E-state index is 0.810. The third-order valence-electron chi connectivity index (χ3n) is 4.21. The van der Waals surface area contributed by atoms with Crippen LogP contribution in [-0.4, -0.2) is 0 Å². The number of halogens is 4. The molecule has 4 rings (SSSR count). The summed E-state index contributed by atoms with van der Waals surface area (Å²) in [7, 11) is 0. The second-order valence-corrected chi connectivity index (χ2v) is 8.70. The lowest BCUT2D eigenvalue weighted by Gasteiger charge is -1.90. The molecule has 0 saturated carbocycles. The maximum absolute atomic E-state index is 5.71. The van der Waals surface area contributed by atoms with E-state index >= 15 is 0 Å². The number of hydrogen-bond donors (Lipinski definition) is 0. The van der Waals surface area contributed by atoms with Crippen molar-refractivity contribution < 1.29 is 0 Å². The molecule has 0 aliphatic carbocycles. The predicted molar refractivity (Wildman–Crippen MR) is 145 cm³/mol. The molecule has 0 bridgehead atoms. The van der Waals surface area contributed by atoms with Crippen LogP contribution in [-0.2, 0) is 0 Å². The minimum Gasteiger partial charge on any atom is -0.0843 e. The molecule has 0 nitrogen and oxygen atoms in total. The molecule has 32 heavy (non-hydrogen) atoms. The van der Waals surface area contributed by atoms with E-state index < -0.39 is 0 Å². The van der Waals surface area contributed by atoms with Crippen LogP contribution < -0.4 is 0 Å². The fraction of sp³-hybridized carbons (Fsp3) is 0.143. The fourth-order valence-electron chi connectivity index (χ4n) is 2.26. The van der Waals surface area contributed by atoms with Gasteiger partial charge in [-0.1, -0.05) is 113 Å². The Balaban J connectivity index is 0.000000213. The smallest absolute Gasteiger partial charge is 0.0435 e. The highest BCUT2D eigenvalue weighted by Gasteiger charge is 1.88. The number of hydrogen-bond acceptors (Lipinski definition) is 0. The van der Waals surface area contributed by atoms with E-state index in [0.29, 0.717) is 0 Å². The zero-order valence-electron chi connectivity index (χ0n) is 18.7. The van der Waals surface area contributed by atoms with Gasteiger partial charge in [0.1, 0.15) is 0 Å². The van der Waals surface area contributed by atoms with Crippen molar-refractivity contribution in [2.75, 3.05) is 0 Å². The van der Waals surface area contributed by atoms with Gasteiger partial charge in [0.25, 0.3) is 0 Å². The molecule has 0 aliphatic heterocycles. The van der Waals surface area contributed by atoms with Crippen LogP contribution >= 0.6 is 46.4 Å². The second-order valence-electron chi connectivity index (χ2n) is 7.05. The molecule has 0 aliphatic rings. The highest BCUT2D eigenvalue weighted by atomic mass is 35.5. The van der Waals surface area contributed by atoms with Gasteiger partial charge >= 0.3 is 0 Å². The summed E-state index contributed by atoms with van der Waals surface area (Å²) in [5.74, 6) is 0. The van der Waals surface area contributed by atoms with Crippen LogP contribution in [0.4, 0.5) is 0 Å². The van der Waals surface area contributed by atoms with Crippen molar-refractivity contribution in [1.82, 2.24) is 0 Å². The van der Waals surface area contributed by atoms with Gasteiger partial charge in [-0.2, -0.15) is 0 Å². The van der Waals surface area contributed by atoms with Crippen LogP contribution in [0.15, 0.2) is 97.1 Å². The minimum atomic E-state index is 0.810. The molecule has 4 heteroatoms. The predicted octanol–water partition coefficient (Wildman–Crippen LogP) is 10.6.